The molecule has 2 atom stereocenters. The van der Waals surface area contributed by atoms with Gasteiger partial charge in [-0.1, -0.05) is 30.3 Å². The normalized spacial score (nSPS) is 26.4. The molecule has 1 fully saturated rings. The number of aromatic hydroxyl groups is 1. The third-order valence-corrected chi connectivity index (χ3v) is 5.45. The highest BCUT2D eigenvalue weighted by molar-refractivity contribution is 7.80. The van der Waals surface area contributed by atoms with Gasteiger partial charge in [-0.05, 0) is 50.2 Å². The Hall–Kier alpha value is -2.27. The van der Waals surface area contributed by atoms with E-state index < -0.39 is 5.72 Å². The number of benzene rings is 2. The maximum atomic E-state index is 10.1. The molecular weight excluding hydrogens is 344 g/mol. The lowest BCUT2D eigenvalue weighted by atomic mass is 9.76. The smallest absolute Gasteiger partial charge is 0.185 e. The molecule has 0 aromatic heterocycles. The Morgan fingerprint density at radius 3 is 2.58 bits per heavy atom. The van der Waals surface area contributed by atoms with Crippen molar-refractivity contribution in [3.63, 3.8) is 0 Å². The number of phenols is 1. The first-order valence-electron chi connectivity index (χ1n) is 8.95. The molecule has 0 bridgehead atoms. The minimum atomic E-state index is -0.598. The van der Waals surface area contributed by atoms with E-state index in [0.717, 1.165) is 29.7 Å². The molecule has 3 N–H and O–H groups in total. The van der Waals surface area contributed by atoms with E-state index in [2.05, 4.69) is 48.7 Å². The SMILES string of the molecule is Cc1cc(O)cc2c1[C@H](c1ccccc1)C[C@]1(CC(C)(C)NC(=S)N1)O2. The molecule has 0 radical (unpaired) electrons. The Morgan fingerprint density at radius 2 is 1.88 bits per heavy atom. The number of rotatable bonds is 1. The number of phenolic OH excluding ortho intramolecular Hbond substituents is 1. The van der Waals surface area contributed by atoms with Crippen LogP contribution in [0.3, 0.4) is 0 Å². The maximum absolute atomic E-state index is 10.1. The Morgan fingerprint density at radius 1 is 1.15 bits per heavy atom. The van der Waals surface area contributed by atoms with Gasteiger partial charge in [0.2, 0.25) is 0 Å². The summed E-state index contributed by atoms with van der Waals surface area (Å²) in [5, 5.41) is 17.4. The number of nitrogens with one attached hydrogen (secondary N) is 2. The van der Waals surface area contributed by atoms with Gasteiger partial charge in [0, 0.05) is 35.9 Å². The molecule has 1 spiro atoms. The van der Waals surface area contributed by atoms with Gasteiger partial charge >= 0.3 is 0 Å². The second-order valence-corrected chi connectivity index (χ2v) is 8.49. The van der Waals surface area contributed by atoms with E-state index in [9.17, 15) is 5.11 Å². The second kappa shape index (κ2) is 5.88. The van der Waals surface area contributed by atoms with E-state index in [1.54, 1.807) is 12.1 Å². The van der Waals surface area contributed by atoms with Gasteiger partial charge in [0.25, 0.3) is 0 Å². The first kappa shape index (κ1) is 17.2. The number of ether oxygens (including phenoxy) is 1. The summed E-state index contributed by atoms with van der Waals surface area (Å²) in [7, 11) is 0. The molecule has 1 saturated heterocycles. The van der Waals surface area contributed by atoms with E-state index in [1.807, 2.05) is 13.0 Å². The van der Waals surface area contributed by atoms with E-state index in [4.69, 9.17) is 17.0 Å². The molecule has 0 amide bonds. The molecule has 4 rings (SSSR count). The molecule has 0 saturated carbocycles. The number of fused-ring (bicyclic) bond motifs is 1. The zero-order valence-electron chi connectivity index (χ0n) is 15.3. The highest BCUT2D eigenvalue weighted by atomic mass is 32.1. The number of hydrogen-bond acceptors (Lipinski definition) is 3. The predicted molar refractivity (Wildman–Crippen MR) is 107 cm³/mol. The first-order chi connectivity index (χ1) is 12.3. The average molecular weight is 369 g/mol. The molecular formula is C21H24N2O2S. The van der Waals surface area contributed by atoms with Gasteiger partial charge in [-0.15, -0.1) is 0 Å². The topological polar surface area (TPSA) is 53.5 Å². The fourth-order valence-electron chi connectivity index (χ4n) is 4.47. The van der Waals surface area contributed by atoms with Crippen LogP contribution in [0, 0.1) is 6.92 Å². The van der Waals surface area contributed by atoms with E-state index in [-0.39, 0.29) is 17.2 Å². The highest BCUT2D eigenvalue weighted by Gasteiger charge is 2.49. The largest absolute Gasteiger partial charge is 0.508 e. The van der Waals surface area contributed by atoms with Crippen molar-refractivity contribution in [2.75, 3.05) is 0 Å². The van der Waals surface area contributed by atoms with Crippen molar-refractivity contribution in [2.45, 2.75) is 50.8 Å². The van der Waals surface area contributed by atoms with Crippen LogP contribution >= 0.6 is 12.2 Å². The Labute approximate surface area is 159 Å². The molecule has 2 aromatic rings. The van der Waals surface area contributed by atoms with Crippen molar-refractivity contribution in [1.29, 1.82) is 0 Å². The minimum Gasteiger partial charge on any atom is -0.508 e. The third kappa shape index (κ3) is 3.01. The highest BCUT2D eigenvalue weighted by Crippen LogP contribution is 2.48. The molecule has 2 aliphatic rings. The molecule has 4 nitrogen and oxygen atoms in total. The quantitative estimate of drug-likeness (QED) is 0.665. The van der Waals surface area contributed by atoms with Crippen LogP contribution in [0.15, 0.2) is 42.5 Å². The molecule has 136 valence electrons. The van der Waals surface area contributed by atoms with Gasteiger partial charge in [0.05, 0.1) is 0 Å². The minimum absolute atomic E-state index is 0.171. The van der Waals surface area contributed by atoms with Crippen molar-refractivity contribution >= 4 is 17.3 Å². The van der Waals surface area contributed by atoms with Gasteiger partial charge in [-0.2, -0.15) is 0 Å². The summed E-state index contributed by atoms with van der Waals surface area (Å²) in [5.74, 6) is 1.13. The maximum Gasteiger partial charge on any atom is 0.185 e. The van der Waals surface area contributed by atoms with Gasteiger partial charge < -0.3 is 20.5 Å². The standard InChI is InChI=1S/C21H24N2O2S/c1-13-9-15(24)10-17-18(13)16(14-7-5-4-6-8-14)11-21(25-17)12-20(2,3)22-19(26)23-21/h4-10,16,24H,11-12H2,1-3H3,(H2,22,23,26)/t16-,21+/m0/s1. The summed E-state index contributed by atoms with van der Waals surface area (Å²) in [5.41, 5.74) is 2.66. The fraction of sp³-hybridized carbons (Fsp3) is 0.381. The Balaban J connectivity index is 1.86. The number of aryl methyl sites for hydroxylation is 1. The summed E-state index contributed by atoms with van der Waals surface area (Å²) in [6.45, 7) is 6.29. The predicted octanol–water partition coefficient (Wildman–Crippen LogP) is 3.96. The Kier molecular flexibility index (Phi) is 3.88. The lowest BCUT2D eigenvalue weighted by molar-refractivity contribution is -0.0130. The summed E-state index contributed by atoms with van der Waals surface area (Å²) >= 11 is 5.46. The van der Waals surface area contributed by atoms with Gasteiger partial charge in [-0.25, -0.2) is 0 Å². The zero-order valence-corrected chi connectivity index (χ0v) is 16.1. The van der Waals surface area contributed by atoms with Crippen LogP contribution in [0.5, 0.6) is 11.5 Å². The van der Waals surface area contributed by atoms with Crippen LogP contribution in [-0.2, 0) is 0 Å². The van der Waals surface area contributed by atoms with Crippen molar-refractivity contribution in [1.82, 2.24) is 10.6 Å². The van der Waals surface area contributed by atoms with E-state index in [1.165, 1.54) is 5.56 Å². The lowest BCUT2D eigenvalue weighted by Gasteiger charge is -2.50. The number of hydrogen-bond donors (Lipinski definition) is 3. The molecule has 5 heteroatoms. The molecule has 26 heavy (non-hydrogen) atoms. The van der Waals surface area contributed by atoms with E-state index >= 15 is 0 Å². The van der Waals surface area contributed by atoms with Gasteiger partial charge in [0.15, 0.2) is 10.8 Å². The molecule has 2 aromatic carbocycles. The first-order valence-corrected chi connectivity index (χ1v) is 9.36. The average Bonchev–Trinajstić information content (AvgIpc) is 2.51. The van der Waals surface area contributed by atoms with Crippen LogP contribution in [0.1, 0.15) is 49.3 Å². The van der Waals surface area contributed by atoms with Crippen LogP contribution in [0.4, 0.5) is 0 Å². The third-order valence-electron chi connectivity index (χ3n) is 5.24. The van der Waals surface area contributed by atoms with Gasteiger partial charge in [-0.3, -0.25) is 0 Å². The number of thiocarbonyl (C=S) groups is 1. The van der Waals surface area contributed by atoms with Crippen molar-refractivity contribution < 1.29 is 9.84 Å². The monoisotopic (exact) mass is 368 g/mol. The van der Waals surface area contributed by atoms with Crippen LogP contribution in [0.25, 0.3) is 0 Å². The molecule has 2 aliphatic heterocycles. The summed E-state index contributed by atoms with van der Waals surface area (Å²) in [4.78, 5) is 0. The van der Waals surface area contributed by atoms with Crippen molar-refractivity contribution in [3.8, 4) is 11.5 Å². The van der Waals surface area contributed by atoms with Crippen molar-refractivity contribution in [3.05, 3.63) is 59.2 Å². The summed E-state index contributed by atoms with van der Waals surface area (Å²) in [6, 6.07) is 14.0. The second-order valence-electron chi connectivity index (χ2n) is 8.08. The van der Waals surface area contributed by atoms with Gasteiger partial charge in [0.1, 0.15) is 11.5 Å². The zero-order chi connectivity index (χ0) is 18.5. The summed E-state index contributed by atoms with van der Waals surface area (Å²) < 4.78 is 6.48. The van der Waals surface area contributed by atoms with Crippen molar-refractivity contribution in [2.24, 2.45) is 0 Å². The molecule has 0 aliphatic carbocycles. The molecule has 0 unspecified atom stereocenters. The Bertz CT molecular complexity index is 866. The van der Waals surface area contributed by atoms with Crippen LogP contribution in [0.2, 0.25) is 0 Å². The van der Waals surface area contributed by atoms with Crippen LogP contribution < -0.4 is 15.4 Å². The van der Waals surface area contributed by atoms with E-state index in [0.29, 0.717) is 5.11 Å². The molecule has 2 heterocycles. The fourth-order valence-corrected chi connectivity index (χ4v) is 4.93. The van der Waals surface area contributed by atoms with Crippen LogP contribution in [-0.4, -0.2) is 21.5 Å². The summed E-state index contributed by atoms with van der Waals surface area (Å²) in [6.07, 6.45) is 1.54. The lowest BCUT2D eigenvalue weighted by Crippen LogP contribution is -2.69.